The van der Waals surface area contributed by atoms with E-state index in [1.54, 1.807) is 6.92 Å². The van der Waals surface area contributed by atoms with E-state index < -0.39 is 6.10 Å². The first-order chi connectivity index (χ1) is 16.8. The van der Waals surface area contributed by atoms with Gasteiger partial charge in [-0.3, -0.25) is 4.79 Å². The maximum atomic E-state index is 12.2. The Morgan fingerprint density at radius 1 is 1.06 bits per heavy atom. The molecule has 1 amide bonds. The smallest absolute Gasteiger partial charge is 0.234 e. The van der Waals surface area contributed by atoms with Crippen molar-refractivity contribution < 1.29 is 19.7 Å². The number of hydrogen-bond acceptors (Lipinski definition) is 5. The van der Waals surface area contributed by atoms with Crippen molar-refractivity contribution >= 4 is 5.91 Å². The molecule has 36 heavy (non-hydrogen) atoms. The van der Waals surface area contributed by atoms with Gasteiger partial charge in [0.05, 0.1) is 30.5 Å². The molecule has 6 heteroatoms. The molecule has 5 saturated carbocycles. The van der Waals surface area contributed by atoms with Crippen molar-refractivity contribution in [1.29, 1.82) is 0 Å². The van der Waals surface area contributed by atoms with Crippen molar-refractivity contribution in [3.8, 4) is 0 Å². The highest BCUT2D eigenvalue weighted by atomic mass is 16.5. The monoisotopic (exact) mass is 502 g/mol. The molecule has 204 valence electrons. The summed E-state index contributed by atoms with van der Waals surface area (Å²) in [7, 11) is 0. The van der Waals surface area contributed by atoms with E-state index in [2.05, 4.69) is 39.9 Å². The first-order valence-corrected chi connectivity index (χ1v) is 14.8. The Bertz CT molecular complexity index is 940. The zero-order chi connectivity index (χ0) is 26.1. The summed E-state index contributed by atoms with van der Waals surface area (Å²) < 4.78 is 6.73. The molecule has 0 aromatic heterocycles. The second kappa shape index (κ2) is 7.70. The molecule has 2 spiro atoms. The third-order valence-electron chi connectivity index (χ3n) is 13.9. The van der Waals surface area contributed by atoms with Crippen LogP contribution in [0, 0.1) is 50.7 Å². The van der Waals surface area contributed by atoms with Crippen LogP contribution in [0.15, 0.2) is 0 Å². The molecule has 6 nitrogen and oxygen atoms in total. The van der Waals surface area contributed by atoms with Crippen LogP contribution in [0.1, 0.15) is 92.9 Å². The van der Waals surface area contributed by atoms with E-state index in [1.165, 1.54) is 32.1 Å². The largest absolute Gasteiger partial charge is 0.393 e. The Labute approximate surface area is 217 Å². The molecular weight excluding hydrogens is 452 g/mol. The maximum Gasteiger partial charge on any atom is 0.234 e. The third kappa shape index (κ3) is 2.86. The van der Waals surface area contributed by atoms with Gasteiger partial charge in [0.25, 0.3) is 0 Å². The number of nitrogens with two attached hydrogens (primary N) is 1. The lowest BCUT2D eigenvalue weighted by Gasteiger charge is -2.63. The minimum absolute atomic E-state index is 0.0114. The number of hydrogen-bond donors (Lipinski definition) is 4. The summed E-state index contributed by atoms with van der Waals surface area (Å²) in [6.45, 7) is 14.3. The lowest BCUT2D eigenvalue weighted by molar-refractivity contribution is -0.182. The molecule has 6 rings (SSSR count). The number of aliphatic hydroxyl groups is 2. The minimum Gasteiger partial charge on any atom is -0.393 e. The molecule has 13 atom stereocenters. The first kappa shape index (κ1) is 25.6. The average Bonchev–Trinajstić information content (AvgIpc) is 3.45. The summed E-state index contributed by atoms with van der Waals surface area (Å²) in [5.41, 5.74) is 6.03. The van der Waals surface area contributed by atoms with E-state index in [9.17, 15) is 15.0 Å². The van der Waals surface area contributed by atoms with Gasteiger partial charge in [0.1, 0.15) is 0 Å². The molecule has 0 radical (unpaired) electrons. The molecule has 1 aliphatic heterocycles. The number of rotatable bonds is 4. The van der Waals surface area contributed by atoms with Crippen LogP contribution in [0.3, 0.4) is 0 Å². The van der Waals surface area contributed by atoms with Crippen molar-refractivity contribution in [2.45, 2.75) is 123 Å². The average molecular weight is 503 g/mol. The van der Waals surface area contributed by atoms with Gasteiger partial charge in [-0.25, -0.2) is 0 Å². The first-order valence-electron chi connectivity index (χ1n) is 14.8. The molecule has 6 aliphatic rings. The second-order valence-corrected chi connectivity index (χ2v) is 15.2. The lowest BCUT2D eigenvalue weighted by Crippen LogP contribution is -2.59. The van der Waals surface area contributed by atoms with Crippen molar-refractivity contribution in [2.75, 3.05) is 6.54 Å². The van der Waals surface area contributed by atoms with Crippen molar-refractivity contribution in [1.82, 2.24) is 5.32 Å². The van der Waals surface area contributed by atoms with E-state index in [-0.39, 0.29) is 46.5 Å². The predicted octanol–water partition coefficient (Wildman–Crippen LogP) is 3.62. The molecule has 0 aromatic carbocycles. The van der Waals surface area contributed by atoms with Crippen LogP contribution in [0.2, 0.25) is 0 Å². The van der Waals surface area contributed by atoms with Gasteiger partial charge < -0.3 is 26.0 Å². The van der Waals surface area contributed by atoms with Crippen LogP contribution in [-0.4, -0.2) is 53.1 Å². The van der Waals surface area contributed by atoms with Gasteiger partial charge in [-0.15, -0.1) is 0 Å². The van der Waals surface area contributed by atoms with E-state index in [4.69, 9.17) is 10.5 Å². The van der Waals surface area contributed by atoms with Gasteiger partial charge in [0.15, 0.2) is 0 Å². The van der Waals surface area contributed by atoms with Crippen LogP contribution in [-0.2, 0) is 9.53 Å². The van der Waals surface area contributed by atoms with Crippen LogP contribution >= 0.6 is 0 Å². The Hall–Kier alpha value is -0.690. The van der Waals surface area contributed by atoms with E-state index in [0.29, 0.717) is 41.0 Å². The van der Waals surface area contributed by atoms with Crippen molar-refractivity contribution in [3.63, 3.8) is 0 Å². The summed E-state index contributed by atoms with van der Waals surface area (Å²) in [4.78, 5) is 11.5. The summed E-state index contributed by atoms with van der Waals surface area (Å²) in [6, 6.07) is -0.382. The number of carbonyl (C=O) groups excluding carboxylic acids is 1. The molecule has 1 saturated heterocycles. The van der Waals surface area contributed by atoms with Gasteiger partial charge >= 0.3 is 0 Å². The number of primary amides is 1. The Morgan fingerprint density at radius 3 is 2.42 bits per heavy atom. The van der Waals surface area contributed by atoms with Crippen LogP contribution in [0.4, 0.5) is 0 Å². The van der Waals surface area contributed by atoms with Gasteiger partial charge in [-0.2, -0.15) is 0 Å². The summed E-state index contributed by atoms with van der Waals surface area (Å²) in [6.07, 6.45) is 8.31. The number of fused-ring (bicyclic) bond motifs is 4. The standard InChI is InChI=1S/C30H50N2O4/c1-16-13-18(14-32-17(2)25(31)35)36-23-22(16)27(5)11-12-30-15-29(30)10-9-21(33)26(3,4)19(29)7-8-20(30)28(27,6)24(23)34/h16-24,32-34H,7-15H2,1-6H3,(H2,31,35)/t16-,17+,18?,19?,20?,21?,22+,23?,24+,27?,28-,29?,30?/m1/s1. The van der Waals surface area contributed by atoms with E-state index >= 15 is 0 Å². The number of carbonyl (C=O) groups is 1. The molecule has 5 aliphatic carbocycles. The molecule has 6 fully saturated rings. The SMILES string of the molecule is C[C@H](NCC1C[C@@H](C)[C@H]2C(O1)[C@H](O)[C@@]1(C)C3CCC4C(C)(C)C(O)CCC45CC35CCC21C)C(N)=O. The van der Waals surface area contributed by atoms with E-state index in [0.717, 1.165) is 19.3 Å². The second-order valence-electron chi connectivity index (χ2n) is 15.2. The number of aliphatic hydroxyl groups excluding tert-OH is 2. The Balaban J connectivity index is 1.30. The van der Waals surface area contributed by atoms with Crippen molar-refractivity contribution in [2.24, 2.45) is 56.5 Å². The Kier molecular flexibility index (Phi) is 5.47. The van der Waals surface area contributed by atoms with Crippen LogP contribution in [0.5, 0.6) is 0 Å². The van der Waals surface area contributed by atoms with Crippen LogP contribution < -0.4 is 11.1 Å². The Morgan fingerprint density at radius 2 is 1.72 bits per heavy atom. The molecule has 0 aromatic rings. The van der Waals surface area contributed by atoms with Crippen LogP contribution in [0.25, 0.3) is 0 Å². The van der Waals surface area contributed by atoms with Gasteiger partial charge in [0, 0.05) is 12.0 Å². The quantitative estimate of drug-likeness (QED) is 0.470. The van der Waals surface area contributed by atoms with Gasteiger partial charge in [-0.05, 0) is 104 Å². The highest BCUT2D eigenvalue weighted by Gasteiger charge is 2.84. The minimum atomic E-state index is -0.468. The number of amides is 1. The van der Waals surface area contributed by atoms with Gasteiger partial charge in [0.2, 0.25) is 5.91 Å². The highest BCUT2D eigenvalue weighted by molar-refractivity contribution is 5.79. The zero-order valence-electron chi connectivity index (χ0n) is 23.3. The summed E-state index contributed by atoms with van der Waals surface area (Å²) in [5.74, 6) is 1.59. The molecule has 0 bridgehead atoms. The predicted molar refractivity (Wildman–Crippen MR) is 139 cm³/mol. The van der Waals surface area contributed by atoms with Crippen molar-refractivity contribution in [3.05, 3.63) is 0 Å². The molecule has 8 unspecified atom stereocenters. The lowest BCUT2D eigenvalue weighted by atomic mass is 9.41. The highest BCUT2D eigenvalue weighted by Crippen LogP contribution is 2.89. The molecule has 1 heterocycles. The molecular formula is C30H50N2O4. The fourth-order valence-electron chi connectivity index (χ4n) is 11.9. The summed E-state index contributed by atoms with van der Waals surface area (Å²) in [5, 5.41) is 26.3. The number of nitrogens with one attached hydrogen (secondary N) is 1. The normalized spacial score (nSPS) is 57.4. The zero-order valence-corrected chi connectivity index (χ0v) is 23.3. The fourth-order valence-corrected chi connectivity index (χ4v) is 11.9. The van der Waals surface area contributed by atoms with E-state index in [1.807, 2.05) is 0 Å². The fraction of sp³-hybridized carbons (Fsp3) is 0.967. The third-order valence-corrected chi connectivity index (χ3v) is 13.9. The maximum absolute atomic E-state index is 12.2. The topological polar surface area (TPSA) is 105 Å². The summed E-state index contributed by atoms with van der Waals surface area (Å²) >= 11 is 0. The molecule has 5 N–H and O–H groups in total. The number of ether oxygens (including phenoxy) is 1. The van der Waals surface area contributed by atoms with Gasteiger partial charge in [-0.1, -0.05) is 34.6 Å².